The molecular weight excluding hydrogens is 386 g/mol. The van der Waals surface area contributed by atoms with Crippen LogP contribution in [0.25, 0.3) is 10.6 Å². The zero-order valence-corrected chi connectivity index (χ0v) is 17.7. The minimum atomic E-state index is -0.139. The number of aromatic nitrogens is 4. The molecule has 3 aromatic rings. The van der Waals surface area contributed by atoms with Gasteiger partial charge in [0.2, 0.25) is 0 Å². The quantitative estimate of drug-likeness (QED) is 0.715. The van der Waals surface area contributed by atoms with Crippen LogP contribution in [0.2, 0.25) is 0 Å². The Hall–Kier alpha value is -2.74. The molecule has 29 heavy (non-hydrogen) atoms. The van der Waals surface area contributed by atoms with Gasteiger partial charge >= 0.3 is 0 Å². The number of hydrogen-bond donors (Lipinski definition) is 1. The summed E-state index contributed by atoms with van der Waals surface area (Å²) in [5.74, 6) is -0.107. The number of nitrogens with one attached hydrogen (secondary N) is 1. The lowest BCUT2D eigenvalue weighted by atomic mass is 9.92. The molecule has 0 bridgehead atoms. The van der Waals surface area contributed by atoms with Crippen LogP contribution in [0.1, 0.15) is 55.8 Å². The maximum Gasteiger partial charge on any atom is 0.274 e. The summed E-state index contributed by atoms with van der Waals surface area (Å²) in [5, 5.41) is 13.8. The lowest BCUT2D eigenvalue weighted by Gasteiger charge is -2.32. The number of carbonyl (C=O) groups excluding carboxylic acids is 1. The topological polar surface area (TPSA) is 83.9 Å². The number of hydrogen-bond acceptors (Lipinski definition) is 5. The van der Waals surface area contributed by atoms with Crippen molar-refractivity contribution < 1.29 is 4.79 Å². The summed E-state index contributed by atoms with van der Waals surface area (Å²) in [5.41, 5.74) is 1.89. The maximum absolute atomic E-state index is 13.0. The van der Waals surface area contributed by atoms with Gasteiger partial charge in [0.15, 0.2) is 0 Å². The van der Waals surface area contributed by atoms with E-state index in [9.17, 15) is 9.59 Å². The van der Waals surface area contributed by atoms with Crippen LogP contribution in [0.5, 0.6) is 0 Å². The fourth-order valence-corrected chi connectivity index (χ4v) is 4.25. The number of carbonyl (C=O) groups is 1. The van der Waals surface area contributed by atoms with E-state index >= 15 is 0 Å². The molecule has 152 valence electrons. The molecule has 0 aromatic carbocycles. The molecule has 1 aliphatic rings. The van der Waals surface area contributed by atoms with Crippen LogP contribution in [0.15, 0.2) is 40.5 Å². The van der Waals surface area contributed by atoms with Gasteiger partial charge in [-0.05, 0) is 36.4 Å². The fraction of sp³-hybridized carbons (Fsp3) is 0.429. The molecular formula is C21H25N5O2S. The largest absolute Gasteiger partial charge is 0.335 e. The predicted octanol–water partition coefficient (Wildman–Crippen LogP) is 3.47. The Morgan fingerprint density at radius 1 is 1.28 bits per heavy atom. The monoisotopic (exact) mass is 411 g/mol. The summed E-state index contributed by atoms with van der Waals surface area (Å²) < 4.78 is 1.54. The summed E-state index contributed by atoms with van der Waals surface area (Å²) in [6.45, 7) is 7.34. The van der Waals surface area contributed by atoms with Gasteiger partial charge < -0.3 is 4.90 Å². The third-order valence-electron chi connectivity index (χ3n) is 5.23. The van der Waals surface area contributed by atoms with Crippen molar-refractivity contribution >= 4 is 17.2 Å². The van der Waals surface area contributed by atoms with Crippen molar-refractivity contribution in [2.24, 2.45) is 0 Å². The molecule has 0 unspecified atom stereocenters. The molecule has 0 aliphatic carbocycles. The highest BCUT2D eigenvalue weighted by molar-refractivity contribution is 7.13. The van der Waals surface area contributed by atoms with Crippen LogP contribution < -0.4 is 5.56 Å². The minimum absolute atomic E-state index is 0.102. The molecule has 1 N–H and O–H groups in total. The van der Waals surface area contributed by atoms with Crippen molar-refractivity contribution in [3.05, 3.63) is 57.5 Å². The Morgan fingerprint density at radius 3 is 2.79 bits per heavy atom. The fourth-order valence-electron chi connectivity index (χ4n) is 3.56. The lowest BCUT2D eigenvalue weighted by Crippen LogP contribution is -2.43. The van der Waals surface area contributed by atoms with E-state index in [0.29, 0.717) is 18.8 Å². The molecule has 1 amide bonds. The van der Waals surface area contributed by atoms with Gasteiger partial charge in [-0.1, -0.05) is 26.8 Å². The number of likely N-dealkylation sites (tertiary alicyclic amines) is 1. The van der Waals surface area contributed by atoms with E-state index in [4.69, 9.17) is 0 Å². The first-order valence-electron chi connectivity index (χ1n) is 9.82. The number of nitrogens with zero attached hydrogens (tertiary/aromatic N) is 4. The summed E-state index contributed by atoms with van der Waals surface area (Å²) in [4.78, 5) is 28.3. The van der Waals surface area contributed by atoms with Gasteiger partial charge in [-0.2, -0.15) is 10.2 Å². The van der Waals surface area contributed by atoms with E-state index in [2.05, 4.69) is 36.1 Å². The molecule has 8 heteroatoms. The Labute approximate surface area is 173 Å². The van der Waals surface area contributed by atoms with Crippen LogP contribution in [0, 0.1) is 0 Å². The highest BCUT2D eigenvalue weighted by Gasteiger charge is 2.29. The summed E-state index contributed by atoms with van der Waals surface area (Å²) in [6, 6.07) is 8.96. The molecule has 4 rings (SSSR count). The van der Waals surface area contributed by atoms with Crippen molar-refractivity contribution in [1.29, 1.82) is 0 Å². The molecule has 7 nitrogen and oxygen atoms in total. The molecule has 1 aliphatic heterocycles. The highest BCUT2D eigenvalue weighted by atomic mass is 32.1. The first-order chi connectivity index (χ1) is 13.8. The number of amides is 1. The van der Waals surface area contributed by atoms with E-state index < -0.39 is 0 Å². The standard InChI is InChI=1S/C21H25N5O2S/c1-21(2,3)18-12-16(22-23-18)20(28)25-10-4-6-14(13-25)26-19(27)9-8-15(24-26)17-7-5-11-29-17/h5,7-9,11-12,14H,4,6,10,13H2,1-3H3,(H,22,23)/t14-/m0/s1. The normalized spacial score (nSPS) is 17.5. The maximum atomic E-state index is 13.0. The lowest BCUT2D eigenvalue weighted by molar-refractivity contribution is 0.0664. The first-order valence-corrected chi connectivity index (χ1v) is 10.7. The Balaban J connectivity index is 1.56. The van der Waals surface area contributed by atoms with Gasteiger partial charge in [0.05, 0.1) is 10.9 Å². The van der Waals surface area contributed by atoms with Gasteiger partial charge in [-0.15, -0.1) is 11.3 Å². The molecule has 4 heterocycles. The zero-order chi connectivity index (χ0) is 20.6. The molecule has 1 fully saturated rings. The van der Waals surface area contributed by atoms with Gasteiger partial charge in [0.1, 0.15) is 11.4 Å². The number of rotatable bonds is 3. The number of H-pyrrole nitrogens is 1. The third kappa shape index (κ3) is 4.03. The number of piperidine rings is 1. The van der Waals surface area contributed by atoms with E-state index in [1.54, 1.807) is 33.1 Å². The van der Waals surface area contributed by atoms with Gasteiger partial charge in [-0.3, -0.25) is 14.7 Å². The van der Waals surface area contributed by atoms with Crippen molar-refractivity contribution in [1.82, 2.24) is 24.9 Å². The first kappa shape index (κ1) is 19.6. The number of aromatic amines is 1. The van der Waals surface area contributed by atoms with E-state index in [0.717, 1.165) is 29.1 Å². The van der Waals surface area contributed by atoms with Gasteiger partial charge in [-0.25, -0.2) is 4.68 Å². The molecule has 0 radical (unpaired) electrons. The van der Waals surface area contributed by atoms with E-state index in [1.807, 2.05) is 23.6 Å². The predicted molar refractivity (Wildman–Crippen MR) is 113 cm³/mol. The van der Waals surface area contributed by atoms with Crippen LogP contribution in [-0.2, 0) is 5.41 Å². The van der Waals surface area contributed by atoms with Crippen molar-refractivity contribution in [2.45, 2.75) is 45.1 Å². The second-order valence-electron chi connectivity index (χ2n) is 8.44. The highest BCUT2D eigenvalue weighted by Crippen LogP contribution is 2.25. The van der Waals surface area contributed by atoms with E-state index in [-0.39, 0.29) is 22.9 Å². The summed E-state index contributed by atoms with van der Waals surface area (Å²) in [6.07, 6.45) is 1.64. The Morgan fingerprint density at radius 2 is 2.10 bits per heavy atom. The number of thiophene rings is 1. The van der Waals surface area contributed by atoms with E-state index in [1.165, 1.54) is 0 Å². The molecule has 0 spiro atoms. The second-order valence-corrected chi connectivity index (χ2v) is 9.39. The van der Waals surface area contributed by atoms with Gasteiger partial charge in [0.25, 0.3) is 11.5 Å². The van der Waals surface area contributed by atoms with Crippen LogP contribution in [0.4, 0.5) is 0 Å². The zero-order valence-electron chi connectivity index (χ0n) is 16.9. The van der Waals surface area contributed by atoms with Crippen LogP contribution >= 0.6 is 11.3 Å². The van der Waals surface area contributed by atoms with Crippen molar-refractivity contribution in [2.75, 3.05) is 13.1 Å². The van der Waals surface area contributed by atoms with Crippen molar-refractivity contribution in [3.63, 3.8) is 0 Å². The Kier molecular flexibility index (Phi) is 5.12. The average molecular weight is 412 g/mol. The van der Waals surface area contributed by atoms with Crippen molar-refractivity contribution in [3.8, 4) is 10.6 Å². The van der Waals surface area contributed by atoms with Crippen LogP contribution in [-0.4, -0.2) is 43.9 Å². The smallest absolute Gasteiger partial charge is 0.274 e. The third-order valence-corrected chi connectivity index (χ3v) is 6.13. The average Bonchev–Trinajstić information content (AvgIpc) is 3.40. The molecule has 1 saturated heterocycles. The Bertz CT molecular complexity index is 1060. The molecule has 3 aromatic heterocycles. The molecule has 1 atom stereocenters. The summed E-state index contributed by atoms with van der Waals surface area (Å²) >= 11 is 1.59. The van der Waals surface area contributed by atoms with Crippen LogP contribution in [0.3, 0.4) is 0 Å². The second kappa shape index (κ2) is 7.59. The SMILES string of the molecule is CC(C)(C)c1cc(C(=O)N2CCC[C@H](n3nc(-c4cccs4)ccc3=O)C2)n[nH]1. The molecule has 0 saturated carbocycles. The van der Waals surface area contributed by atoms with Gasteiger partial charge in [0, 0.05) is 30.3 Å². The minimum Gasteiger partial charge on any atom is -0.335 e. The summed E-state index contributed by atoms with van der Waals surface area (Å²) in [7, 11) is 0.